The van der Waals surface area contributed by atoms with Gasteiger partial charge in [-0.2, -0.15) is 0 Å². The van der Waals surface area contributed by atoms with Gasteiger partial charge in [-0.1, -0.05) is 20.8 Å². The van der Waals surface area contributed by atoms with Gasteiger partial charge in [0.1, 0.15) is 5.82 Å². The number of aromatic nitrogens is 2. The fraction of sp³-hybridized carbons (Fsp3) is 0.444. The molecule has 0 aromatic carbocycles. The molecule has 1 aromatic rings. The summed E-state index contributed by atoms with van der Waals surface area (Å²) in [4.78, 5) is 18.3. The second kappa shape index (κ2) is 4.58. The Kier molecular flexibility index (Phi) is 4.30. The van der Waals surface area contributed by atoms with Crippen molar-refractivity contribution in [3.8, 4) is 0 Å². The van der Waals surface area contributed by atoms with Gasteiger partial charge in [0, 0.05) is 11.6 Å². The maximum atomic E-state index is 10.5. The van der Waals surface area contributed by atoms with Crippen LogP contribution in [0.4, 0.5) is 0 Å². The Hall–Kier alpha value is -0.853. The van der Waals surface area contributed by atoms with Gasteiger partial charge in [0.25, 0.3) is 0 Å². The Bertz CT molecular complexity index is 334. The van der Waals surface area contributed by atoms with Gasteiger partial charge >= 0.3 is 18.9 Å². The van der Waals surface area contributed by atoms with Crippen LogP contribution in [0.5, 0.6) is 0 Å². The Morgan fingerprint density at radius 2 is 2.00 bits per heavy atom. The van der Waals surface area contributed by atoms with E-state index >= 15 is 0 Å². The van der Waals surface area contributed by atoms with Crippen molar-refractivity contribution in [2.24, 2.45) is 0 Å². The molecular weight excluding hydrogens is 175 g/mol. The van der Waals surface area contributed by atoms with Gasteiger partial charge in [-0.3, -0.25) is 0 Å². The normalized spacial score (nSPS) is 10.5. The first kappa shape index (κ1) is 13.1. The molecule has 1 aromatic heterocycles. The molecule has 0 aliphatic carbocycles. The Balaban J connectivity index is 0.00000169. The summed E-state index contributed by atoms with van der Waals surface area (Å²) < 4.78 is 0. The van der Waals surface area contributed by atoms with E-state index in [0.29, 0.717) is 5.82 Å². The molecule has 0 fully saturated rings. The van der Waals surface area contributed by atoms with E-state index in [-0.39, 0.29) is 30.0 Å². The number of carbonyl (C=O) groups is 1. The topological polar surface area (TPSA) is 65.9 Å². The molecule has 0 N–H and O–H groups in total. The van der Waals surface area contributed by atoms with Gasteiger partial charge in [-0.25, -0.2) is 9.97 Å². The van der Waals surface area contributed by atoms with Gasteiger partial charge < -0.3 is 9.90 Å². The molecule has 1 heterocycles. The molecule has 4 nitrogen and oxygen atoms in total. The fourth-order valence-corrected chi connectivity index (χ4v) is 0.834. The number of hydrogen-bond donors (Lipinski definition) is 0. The Morgan fingerprint density at radius 3 is 2.43 bits per heavy atom. The number of aromatic carboxylic acids is 1. The minimum atomic E-state index is -1.27. The average Bonchev–Trinajstić information content (AvgIpc) is 2.03. The second-order valence-electron chi connectivity index (χ2n) is 3.80. The molecule has 0 unspecified atom stereocenters. The van der Waals surface area contributed by atoms with Gasteiger partial charge in [0.05, 0.1) is 11.7 Å². The largest absolute Gasteiger partial charge is 1.00 e. The molecule has 0 saturated heterocycles. The van der Waals surface area contributed by atoms with Crippen molar-refractivity contribution in [2.45, 2.75) is 26.2 Å². The molecule has 1 rings (SSSR count). The van der Waals surface area contributed by atoms with Crippen molar-refractivity contribution in [1.82, 2.24) is 9.97 Å². The van der Waals surface area contributed by atoms with E-state index in [1.54, 1.807) is 0 Å². The van der Waals surface area contributed by atoms with E-state index in [1.165, 1.54) is 12.3 Å². The van der Waals surface area contributed by atoms with Crippen molar-refractivity contribution in [1.29, 1.82) is 0 Å². The first-order chi connectivity index (χ1) is 5.91. The molecule has 0 atom stereocenters. The van der Waals surface area contributed by atoms with Crippen molar-refractivity contribution in [2.75, 3.05) is 0 Å². The summed E-state index contributed by atoms with van der Waals surface area (Å²) in [6.07, 6.45) is 1.43. The second-order valence-corrected chi connectivity index (χ2v) is 3.80. The number of nitrogens with zero attached hydrogens (tertiary/aromatic N) is 2. The third kappa shape index (κ3) is 3.13. The summed E-state index contributed by atoms with van der Waals surface area (Å²) in [5.41, 5.74) is -0.314. The minimum absolute atomic E-state index is 0. The maximum Gasteiger partial charge on any atom is 1.00 e. The van der Waals surface area contributed by atoms with Crippen LogP contribution in [0.1, 0.15) is 37.1 Å². The predicted molar refractivity (Wildman–Crippen MR) is 45.1 cm³/mol. The molecule has 5 heteroatoms. The maximum absolute atomic E-state index is 10.5. The molecule has 0 aliphatic rings. The van der Waals surface area contributed by atoms with E-state index < -0.39 is 5.97 Å². The van der Waals surface area contributed by atoms with Crippen LogP contribution in [-0.2, 0) is 5.41 Å². The van der Waals surface area contributed by atoms with E-state index in [2.05, 4.69) is 9.97 Å². The van der Waals surface area contributed by atoms with Crippen LogP contribution in [0.25, 0.3) is 0 Å². The van der Waals surface area contributed by atoms with Gasteiger partial charge in [0.15, 0.2) is 0 Å². The predicted octanol–water partition coefficient (Wildman–Crippen LogP) is -2.86. The third-order valence-electron chi connectivity index (χ3n) is 1.54. The zero-order chi connectivity index (χ0) is 10.1. The smallest absolute Gasteiger partial charge is 0.543 e. The number of hydrogen-bond acceptors (Lipinski definition) is 4. The van der Waals surface area contributed by atoms with Crippen LogP contribution < -0.4 is 24.0 Å². The first-order valence-corrected chi connectivity index (χ1v) is 3.96. The monoisotopic (exact) mass is 186 g/mol. The fourth-order valence-electron chi connectivity index (χ4n) is 0.834. The minimum Gasteiger partial charge on any atom is -0.543 e. The van der Waals surface area contributed by atoms with Crippen molar-refractivity contribution < 1.29 is 28.8 Å². The summed E-state index contributed by atoms with van der Waals surface area (Å²) in [6, 6.07) is 1.32. The summed E-state index contributed by atoms with van der Waals surface area (Å²) in [5, 5.41) is 10.5. The summed E-state index contributed by atoms with van der Waals surface area (Å²) in [6.45, 7) is 5.75. The number of carboxylic acid groups (broad SMARTS) is 1. The molecule has 0 amide bonds. The molecule has 0 aliphatic heterocycles. The number of rotatable bonds is 1. The molecule has 0 radical (unpaired) electrons. The average molecular weight is 186 g/mol. The van der Waals surface area contributed by atoms with Crippen LogP contribution in [0.2, 0.25) is 0 Å². The van der Waals surface area contributed by atoms with Crippen LogP contribution in [-0.4, -0.2) is 15.9 Å². The zero-order valence-corrected chi connectivity index (χ0v) is 8.87. The van der Waals surface area contributed by atoms with E-state index in [1.807, 2.05) is 20.8 Å². The summed E-state index contributed by atoms with van der Waals surface area (Å²) in [7, 11) is 0. The van der Waals surface area contributed by atoms with Gasteiger partial charge in [-0.05, 0) is 6.07 Å². The summed E-state index contributed by atoms with van der Waals surface area (Å²) >= 11 is 0. The van der Waals surface area contributed by atoms with E-state index in [4.69, 9.17) is 0 Å². The Morgan fingerprint density at radius 1 is 1.43 bits per heavy atom. The molecule has 0 bridgehead atoms. The quantitative estimate of drug-likeness (QED) is 0.442. The van der Waals surface area contributed by atoms with Crippen LogP contribution in [0, 0.1) is 0 Å². The SMILES string of the molecule is CC(C)(C)c1nccc(C(=O)[O-])n1.[Li+]. The molecular formula is C9H11LiN2O2. The van der Waals surface area contributed by atoms with Crippen molar-refractivity contribution in [3.63, 3.8) is 0 Å². The van der Waals surface area contributed by atoms with Crippen molar-refractivity contribution in [3.05, 3.63) is 23.8 Å². The van der Waals surface area contributed by atoms with Crippen LogP contribution >= 0.6 is 0 Å². The molecule has 70 valence electrons. The van der Waals surface area contributed by atoms with E-state index in [9.17, 15) is 9.90 Å². The van der Waals surface area contributed by atoms with Gasteiger partial charge in [0.2, 0.25) is 0 Å². The Labute approximate surface area is 94.9 Å². The number of carbonyl (C=O) groups excluding carboxylic acids is 1. The van der Waals surface area contributed by atoms with Crippen molar-refractivity contribution >= 4 is 5.97 Å². The molecule has 0 saturated carbocycles. The third-order valence-corrected chi connectivity index (χ3v) is 1.54. The van der Waals surface area contributed by atoms with E-state index in [0.717, 1.165) is 0 Å². The van der Waals surface area contributed by atoms with Gasteiger partial charge in [-0.15, -0.1) is 0 Å². The molecule has 14 heavy (non-hydrogen) atoms. The van der Waals surface area contributed by atoms with Crippen LogP contribution in [0.15, 0.2) is 12.3 Å². The molecule has 0 spiro atoms. The first-order valence-electron chi connectivity index (χ1n) is 3.96. The standard InChI is InChI=1S/C9H12N2O2.Li/c1-9(2,3)8-10-5-4-6(11-8)7(12)13;/h4-5H,1-3H3,(H,12,13);/q;+1/p-1. The number of carboxylic acids is 1. The summed E-state index contributed by atoms with van der Waals surface area (Å²) in [5.74, 6) is -0.762. The van der Waals surface area contributed by atoms with Crippen LogP contribution in [0.3, 0.4) is 0 Å². The zero-order valence-electron chi connectivity index (χ0n) is 8.87.